The van der Waals surface area contributed by atoms with E-state index in [2.05, 4.69) is 15.4 Å². The highest BCUT2D eigenvalue weighted by Gasteiger charge is 2.29. The third-order valence-electron chi connectivity index (χ3n) is 5.91. The lowest BCUT2D eigenvalue weighted by Crippen LogP contribution is -2.38. The number of rotatable bonds is 7. The van der Waals surface area contributed by atoms with Crippen molar-refractivity contribution in [3.05, 3.63) is 72.3 Å². The molecule has 1 amide bonds. The Bertz CT molecular complexity index is 1140. The van der Waals surface area contributed by atoms with E-state index < -0.39 is 10.0 Å². The van der Waals surface area contributed by atoms with Crippen LogP contribution in [0.15, 0.2) is 66.1 Å². The van der Waals surface area contributed by atoms with Crippen LogP contribution < -0.4 is 5.32 Å². The van der Waals surface area contributed by atoms with Crippen molar-refractivity contribution < 1.29 is 13.2 Å². The first-order valence-electron chi connectivity index (χ1n) is 10.7. The molecule has 0 aliphatic heterocycles. The number of benzene rings is 2. The van der Waals surface area contributed by atoms with Crippen LogP contribution in [0.1, 0.15) is 48.0 Å². The maximum Gasteiger partial charge on any atom is 0.255 e. The number of nitrogens with zero attached hydrogens (tertiary/aromatic N) is 4. The third kappa shape index (κ3) is 5.05. The van der Waals surface area contributed by atoms with E-state index in [1.807, 2.05) is 24.3 Å². The molecule has 1 saturated carbocycles. The van der Waals surface area contributed by atoms with E-state index in [1.54, 1.807) is 30.2 Å². The number of hydrogen-bond donors (Lipinski definition) is 1. The molecule has 4 rings (SSSR count). The monoisotopic (exact) mass is 453 g/mol. The highest BCUT2D eigenvalue weighted by atomic mass is 32.2. The van der Waals surface area contributed by atoms with Crippen molar-refractivity contribution in [2.24, 2.45) is 0 Å². The molecular weight excluding hydrogens is 426 g/mol. The number of aromatic nitrogens is 3. The molecule has 1 heterocycles. The van der Waals surface area contributed by atoms with E-state index in [0.29, 0.717) is 17.8 Å². The van der Waals surface area contributed by atoms with Crippen molar-refractivity contribution in [2.45, 2.75) is 49.6 Å². The summed E-state index contributed by atoms with van der Waals surface area (Å²) in [4.78, 5) is 16.7. The van der Waals surface area contributed by atoms with Gasteiger partial charge >= 0.3 is 0 Å². The molecular formula is C23H27N5O3S. The molecule has 2 aromatic carbocycles. The van der Waals surface area contributed by atoms with Gasteiger partial charge in [0.15, 0.2) is 0 Å². The van der Waals surface area contributed by atoms with E-state index in [1.165, 1.54) is 29.2 Å². The van der Waals surface area contributed by atoms with Gasteiger partial charge in [-0.3, -0.25) is 4.79 Å². The van der Waals surface area contributed by atoms with Gasteiger partial charge < -0.3 is 5.32 Å². The lowest BCUT2D eigenvalue weighted by atomic mass is 9.96. The molecule has 168 valence electrons. The summed E-state index contributed by atoms with van der Waals surface area (Å²) in [5.41, 5.74) is 2.09. The van der Waals surface area contributed by atoms with Crippen LogP contribution in [-0.2, 0) is 16.6 Å². The Morgan fingerprint density at radius 3 is 2.38 bits per heavy atom. The average Bonchev–Trinajstić information content (AvgIpc) is 3.33. The summed E-state index contributed by atoms with van der Waals surface area (Å²) in [5.74, 6) is -0.293. The van der Waals surface area contributed by atoms with Gasteiger partial charge in [0.1, 0.15) is 12.7 Å². The fraction of sp³-hybridized carbons (Fsp3) is 0.348. The largest absolute Gasteiger partial charge is 0.322 e. The zero-order valence-corrected chi connectivity index (χ0v) is 18.8. The summed E-state index contributed by atoms with van der Waals surface area (Å²) >= 11 is 0. The lowest BCUT2D eigenvalue weighted by molar-refractivity contribution is 0.102. The van der Waals surface area contributed by atoms with Crippen molar-refractivity contribution in [3.8, 4) is 0 Å². The van der Waals surface area contributed by atoms with Gasteiger partial charge in [-0.2, -0.15) is 9.40 Å². The Kier molecular flexibility index (Phi) is 6.66. The van der Waals surface area contributed by atoms with E-state index in [9.17, 15) is 13.2 Å². The van der Waals surface area contributed by atoms with Crippen LogP contribution in [0, 0.1) is 0 Å². The SMILES string of the molecule is CN(C1CCCCC1)S(=O)(=O)c1ccc(C(=O)Nc2ccc(Cn3cncn3)cc2)cc1. The Labute approximate surface area is 188 Å². The second-order valence-electron chi connectivity index (χ2n) is 8.08. The van der Waals surface area contributed by atoms with Crippen LogP contribution in [-0.4, -0.2) is 46.5 Å². The van der Waals surface area contributed by atoms with Gasteiger partial charge in [-0.05, 0) is 54.8 Å². The van der Waals surface area contributed by atoms with Crippen LogP contribution in [0.4, 0.5) is 5.69 Å². The number of carbonyl (C=O) groups excluding carboxylic acids is 1. The molecule has 0 unspecified atom stereocenters. The first-order chi connectivity index (χ1) is 15.4. The lowest BCUT2D eigenvalue weighted by Gasteiger charge is -2.30. The number of amides is 1. The summed E-state index contributed by atoms with van der Waals surface area (Å²) in [6, 6.07) is 13.6. The van der Waals surface area contributed by atoms with Crippen molar-refractivity contribution >= 4 is 21.6 Å². The number of nitrogens with one attached hydrogen (secondary N) is 1. The summed E-state index contributed by atoms with van der Waals surface area (Å²) in [6.07, 6.45) is 8.21. The first-order valence-corrected chi connectivity index (χ1v) is 12.2. The Hall–Kier alpha value is -3.04. The number of sulfonamides is 1. The van der Waals surface area contributed by atoms with Gasteiger partial charge in [-0.15, -0.1) is 0 Å². The van der Waals surface area contributed by atoms with Gasteiger partial charge in [-0.1, -0.05) is 31.4 Å². The second-order valence-corrected chi connectivity index (χ2v) is 10.1. The molecule has 32 heavy (non-hydrogen) atoms. The molecule has 0 bridgehead atoms. The smallest absolute Gasteiger partial charge is 0.255 e. The third-order valence-corrected chi connectivity index (χ3v) is 7.83. The Morgan fingerprint density at radius 1 is 1.06 bits per heavy atom. The molecule has 3 aromatic rings. The average molecular weight is 454 g/mol. The minimum absolute atomic E-state index is 0.0456. The molecule has 9 heteroatoms. The van der Waals surface area contributed by atoms with Crippen LogP contribution >= 0.6 is 0 Å². The van der Waals surface area contributed by atoms with E-state index in [-0.39, 0.29) is 16.8 Å². The standard InChI is InChI=1S/C23H27N5O3S/c1-27(21-5-3-2-4-6-21)32(30,31)22-13-9-19(10-14-22)23(29)26-20-11-7-18(8-12-20)15-28-17-24-16-25-28/h7-14,16-17,21H,2-6,15H2,1H3,(H,26,29). The zero-order chi connectivity index (χ0) is 22.6. The van der Waals surface area contributed by atoms with Crippen LogP contribution in [0.25, 0.3) is 0 Å². The summed E-state index contributed by atoms with van der Waals surface area (Å²) in [6.45, 7) is 0.597. The van der Waals surface area contributed by atoms with Gasteiger partial charge in [0.2, 0.25) is 10.0 Å². The van der Waals surface area contributed by atoms with Gasteiger partial charge in [0, 0.05) is 24.3 Å². The van der Waals surface area contributed by atoms with Crippen LogP contribution in [0.5, 0.6) is 0 Å². The quantitative estimate of drug-likeness (QED) is 0.590. The van der Waals surface area contributed by atoms with Crippen LogP contribution in [0.3, 0.4) is 0 Å². The minimum atomic E-state index is -3.58. The Morgan fingerprint density at radius 2 is 1.75 bits per heavy atom. The summed E-state index contributed by atoms with van der Waals surface area (Å²) in [7, 11) is -1.92. The fourth-order valence-corrected chi connectivity index (χ4v) is 5.40. The topological polar surface area (TPSA) is 97.2 Å². The summed E-state index contributed by atoms with van der Waals surface area (Å²) < 4.78 is 29.1. The predicted molar refractivity (Wildman–Crippen MR) is 122 cm³/mol. The predicted octanol–water partition coefficient (Wildman–Crippen LogP) is 3.53. The minimum Gasteiger partial charge on any atom is -0.322 e. The van der Waals surface area contributed by atoms with E-state index >= 15 is 0 Å². The maximum atomic E-state index is 13.0. The molecule has 8 nitrogen and oxygen atoms in total. The first kappa shape index (κ1) is 22.2. The fourth-order valence-electron chi connectivity index (χ4n) is 3.98. The highest BCUT2D eigenvalue weighted by Crippen LogP contribution is 2.26. The van der Waals surface area contributed by atoms with E-state index in [4.69, 9.17) is 0 Å². The highest BCUT2D eigenvalue weighted by molar-refractivity contribution is 7.89. The zero-order valence-electron chi connectivity index (χ0n) is 18.0. The second kappa shape index (κ2) is 9.62. The molecule has 0 saturated heterocycles. The molecule has 1 aromatic heterocycles. The van der Waals surface area contributed by atoms with E-state index in [0.717, 1.165) is 31.2 Å². The molecule has 0 atom stereocenters. The molecule has 1 aliphatic rings. The van der Waals surface area contributed by atoms with Crippen molar-refractivity contribution in [2.75, 3.05) is 12.4 Å². The maximum absolute atomic E-state index is 13.0. The molecule has 1 aliphatic carbocycles. The van der Waals surface area contributed by atoms with Gasteiger partial charge in [-0.25, -0.2) is 18.1 Å². The van der Waals surface area contributed by atoms with Crippen LogP contribution in [0.2, 0.25) is 0 Å². The van der Waals surface area contributed by atoms with Gasteiger partial charge in [0.05, 0.1) is 11.4 Å². The molecule has 1 fully saturated rings. The molecule has 0 spiro atoms. The molecule has 0 radical (unpaired) electrons. The normalized spacial score (nSPS) is 15.1. The van der Waals surface area contributed by atoms with Gasteiger partial charge in [0.25, 0.3) is 5.91 Å². The summed E-state index contributed by atoms with van der Waals surface area (Å²) in [5, 5.41) is 6.92. The number of anilines is 1. The molecule has 1 N–H and O–H groups in total. The van der Waals surface area contributed by atoms with Crippen molar-refractivity contribution in [1.82, 2.24) is 19.1 Å². The van der Waals surface area contributed by atoms with Crippen molar-refractivity contribution in [3.63, 3.8) is 0 Å². The van der Waals surface area contributed by atoms with Crippen molar-refractivity contribution in [1.29, 1.82) is 0 Å². The Balaban J connectivity index is 1.39. The number of carbonyl (C=O) groups is 1. The number of hydrogen-bond acceptors (Lipinski definition) is 5.